The number of carboxylic acids is 1. The fourth-order valence-corrected chi connectivity index (χ4v) is 4.96. The number of halogens is 1. The Balaban J connectivity index is 1.50. The maximum Gasteiger partial charge on any atom is 0.356 e. The third-order valence-corrected chi connectivity index (χ3v) is 6.58. The van der Waals surface area contributed by atoms with Gasteiger partial charge in [-0.1, -0.05) is 36.2 Å². The smallest absolute Gasteiger partial charge is 0.356 e. The van der Waals surface area contributed by atoms with Crippen LogP contribution < -0.4 is 4.90 Å². The zero-order valence-electron chi connectivity index (χ0n) is 18.2. The van der Waals surface area contributed by atoms with E-state index in [1.807, 2.05) is 12.1 Å². The Morgan fingerprint density at radius 3 is 2.52 bits per heavy atom. The lowest BCUT2D eigenvalue weighted by Gasteiger charge is -2.29. The number of carbonyl (C=O) groups is 2. The number of hydrogen-bond acceptors (Lipinski definition) is 4. The third kappa shape index (κ3) is 4.26. The molecule has 1 fully saturated rings. The van der Waals surface area contributed by atoms with Gasteiger partial charge < -0.3 is 10.0 Å². The summed E-state index contributed by atoms with van der Waals surface area (Å²) < 4.78 is 1.41. The highest BCUT2D eigenvalue weighted by molar-refractivity contribution is 6.30. The van der Waals surface area contributed by atoms with Crippen molar-refractivity contribution in [1.82, 2.24) is 14.7 Å². The van der Waals surface area contributed by atoms with E-state index in [1.54, 1.807) is 29.2 Å². The summed E-state index contributed by atoms with van der Waals surface area (Å²) in [5.74, 6) is -1.40. The Morgan fingerprint density at radius 2 is 1.76 bits per heavy atom. The molecule has 1 amide bonds. The summed E-state index contributed by atoms with van der Waals surface area (Å²) in [6.45, 7) is 3.48. The summed E-state index contributed by atoms with van der Waals surface area (Å²) in [5.41, 5.74) is 3.20. The Labute approximate surface area is 197 Å². The first-order valence-corrected chi connectivity index (χ1v) is 11.6. The number of carbonyl (C=O) groups excluding carboxylic acids is 1. The second-order valence-electron chi connectivity index (χ2n) is 8.59. The molecule has 0 aliphatic carbocycles. The summed E-state index contributed by atoms with van der Waals surface area (Å²) in [5, 5.41) is 14.5. The van der Waals surface area contributed by atoms with E-state index in [9.17, 15) is 14.7 Å². The number of fused-ring (bicyclic) bond motifs is 1. The SMILES string of the molecule is O=C(O)c1nn(-c2cccc(Cl)c2)c2c1CCN(c1cccc(CN3CCCCC3)c1)C2=O. The van der Waals surface area contributed by atoms with Gasteiger partial charge in [0.25, 0.3) is 5.91 Å². The van der Waals surface area contributed by atoms with E-state index in [0.717, 1.165) is 25.3 Å². The van der Waals surface area contributed by atoms with Crippen LogP contribution in [0.2, 0.25) is 5.02 Å². The van der Waals surface area contributed by atoms with Crippen LogP contribution in [0.15, 0.2) is 48.5 Å². The molecule has 2 aliphatic rings. The van der Waals surface area contributed by atoms with Crippen molar-refractivity contribution in [2.75, 3.05) is 24.5 Å². The number of hydrogen-bond donors (Lipinski definition) is 1. The van der Waals surface area contributed by atoms with E-state index in [4.69, 9.17) is 11.6 Å². The van der Waals surface area contributed by atoms with Gasteiger partial charge in [-0.25, -0.2) is 9.48 Å². The van der Waals surface area contributed by atoms with Gasteiger partial charge in [0.15, 0.2) is 5.69 Å². The van der Waals surface area contributed by atoms with Gasteiger partial charge in [0.2, 0.25) is 0 Å². The molecule has 0 spiro atoms. The molecule has 3 heterocycles. The quantitative estimate of drug-likeness (QED) is 0.605. The number of benzene rings is 2. The van der Waals surface area contributed by atoms with E-state index >= 15 is 0 Å². The van der Waals surface area contributed by atoms with Crippen LogP contribution in [0.25, 0.3) is 5.69 Å². The Kier molecular flexibility index (Phi) is 5.91. The van der Waals surface area contributed by atoms with Crippen molar-refractivity contribution in [2.45, 2.75) is 32.2 Å². The average Bonchev–Trinajstić information content (AvgIpc) is 3.21. The molecule has 7 nitrogen and oxygen atoms in total. The van der Waals surface area contributed by atoms with Crippen LogP contribution in [0.5, 0.6) is 0 Å². The number of aromatic carboxylic acids is 1. The average molecular weight is 465 g/mol. The molecule has 2 aliphatic heterocycles. The number of aromatic nitrogens is 2. The number of piperidine rings is 1. The van der Waals surface area contributed by atoms with Gasteiger partial charge in [0.05, 0.1) is 5.69 Å². The topological polar surface area (TPSA) is 78.7 Å². The minimum atomic E-state index is -1.14. The summed E-state index contributed by atoms with van der Waals surface area (Å²) in [6.07, 6.45) is 4.17. The van der Waals surface area contributed by atoms with E-state index < -0.39 is 5.97 Å². The van der Waals surface area contributed by atoms with Crippen LogP contribution in [0.3, 0.4) is 0 Å². The standard InChI is InChI=1S/C25H25ClN4O3/c26-18-7-5-9-20(15-18)30-23-21(22(27-30)25(32)33)10-13-29(24(23)31)19-8-4-6-17(14-19)16-28-11-2-1-3-12-28/h4-9,14-15H,1-3,10-13,16H2,(H,32,33). The molecule has 0 radical (unpaired) electrons. The minimum absolute atomic E-state index is 0.0863. The van der Waals surface area contributed by atoms with Crippen molar-refractivity contribution in [1.29, 1.82) is 0 Å². The van der Waals surface area contributed by atoms with Crippen molar-refractivity contribution in [3.63, 3.8) is 0 Å². The zero-order chi connectivity index (χ0) is 22.9. The second kappa shape index (κ2) is 9.00. The number of amides is 1. The van der Waals surface area contributed by atoms with E-state index in [2.05, 4.69) is 22.1 Å². The first-order chi connectivity index (χ1) is 16.0. The second-order valence-corrected chi connectivity index (χ2v) is 9.02. The summed E-state index contributed by atoms with van der Waals surface area (Å²) in [6, 6.07) is 15.0. The van der Waals surface area contributed by atoms with Gasteiger partial charge in [-0.2, -0.15) is 5.10 Å². The molecule has 1 N–H and O–H groups in total. The molecule has 0 unspecified atom stereocenters. The highest BCUT2D eigenvalue weighted by Crippen LogP contribution is 2.30. The van der Waals surface area contributed by atoms with E-state index in [1.165, 1.54) is 29.5 Å². The van der Waals surface area contributed by atoms with Gasteiger partial charge >= 0.3 is 5.97 Å². The molecule has 1 aromatic heterocycles. The van der Waals surface area contributed by atoms with E-state index in [-0.39, 0.29) is 17.3 Å². The summed E-state index contributed by atoms with van der Waals surface area (Å²) in [4.78, 5) is 29.7. The lowest BCUT2D eigenvalue weighted by molar-refractivity contribution is 0.0688. The first kappa shape index (κ1) is 21.7. The third-order valence-electron chi connectivity index (χ3n) is 6.35. The summed E-state index contributed by atoms with van der Waals surface area (Å²) >= 11 is 6.15. The van der Waals surface area contributed by atoms with Crippen molar-refractivity contribution in [3.8, 4) is 5.69 Å². The first-order valence-electron chi connectivity index (χ1n) is 11.3. The number of nitrogens with zero attached hydrogens (tertiary/aromatic N) is 4. The maximum atomic E-state index is 13.7. The predicted molar refractivity (Wildman–Crippen MR) is 126 cm³/mol. The largest absolute Gasteiger partial charge is 0.476 e. The summed E-state index contributed by atoms with van der Waals surface area (Å²) in [7, 11) is 0. The van der Waals surface area contributed by atoms with Gasteiger partial charge in [0, 0.05) is 29.4 Å². The molecule has 5 rings (SSSR count). The fraction of sp³-hybridized carbons (Fsp3) is 0.320. The van der Waals surface area contributed by atoms with Crippen LogP contribution in [0, 0.1) is 0 Å². The van der Waals surface area contributed by atoms with Crippen molar-refractivity contribution < 1.29 is 14.7 Å². The van der Waals surface area contributed by atoms with Gasteiger partial charge in [-0.05, 0) is 68.2 Å². The molecule has 2 aromatic carbocycles. The lowest BCUT2D eigenvalue weighted by Crippen LogP contribution is -2.39. The molecule has 1 saturated heterocycles. The molecule has 0 atom stereocenters. The lowest BCUT2D eigenvalue weighted by atomic mass is 10.0. The van der Waals surface area contributed by atoms with Gasteiger partial charge in [0.1, 0.15) is 5.69 Å². The minimum Gasteiger partial charge on any atom is -0.476 e. The van der Waals surface area contributed by atoms with Crippen molar-refractivity contribution in [3.05, 3.63) is 76.1 Å². The molecule has 33 heavy (non-hydrogen) atoms. The fourth-order valence-electron chi connectivity index (χ4n) is 4.77. The predicted octanol–water partition coefficient (Wildman–Crippen LogP) is 4.41. The molecule has 8 heteroatoms. The molecule has 3 aromatic rings. The molecule has 170 valence electrons. The van der Waals surface area contributed by atoms with Gasteiger partial charge in [-0.15, -0.1) is 0 Å². The van der Waals surface area contributed by atoms with Crippen molar-refractivity contribution in [2.24, 2.45) is 0 Å². The Hall–Kier alpha value is -3.16. The monoisotopic (exact) mass is 464 g/mol. The van der Waals surface area contributed by atoms with Crippen LogP contribution in [-0.2, 0) is 13.0 Å². The Morgan fingerprint density at radius 1 is 1.00 bits per heavy atom. The van der Waals surface area contributed by atoms with E-state index in [0.29, 0.717) is 29.2 Å². The zero-order valence-corrected chi connectivity index (χ0v) is 19.0. The number of likely N-dealkylation sites (tertiary alicyclic amines) is 1. The van der Waals surface area contributed by atoms with Gasteiger partial charge in [-0.3, -0.25) is 9.69 Å². The number of carboxylic acid groups (broad SMARTS) is 1. The molecular weight excluding hydrogens is 440 g/mol. The Bertz CT molecular complexity index is 1220. The molecule has 0 bridgehead atoms. The molecule has 0 saturated carbocycles. The van der Waals surface area contributed by atoms with Crippen LogP contribution in [0.1, 0.15) is 51.4 Å². The molecular formula is C25H25ClN4O3. The number of anilines is 1. The normalized spacial score (nSPS) is 16.6. The highest BCUT2D eigenvalue weighted by atomic mass is 35.5. The maximum absolute atomic E-state index is 13.7. The highest BCUT2D eigenvalue weighted by Gasteiger charge is 2.35. The van der Waals surface area contributed by atoms with Crippen LogP contribution in [-0.4, -0.2) is 51.3 Å². The van der Waals surface area contributed by atoms with Crippen LogP contribution in [0.4, 0.5) is 5.69 Å². The number of rotatable bonds is 5. The van der Waals surface area contributed by atoms with Crippen LogP contribution >= 0.6 is 11.6 Å². The van der Waals surface area contributed by atoms with Crippen molar-refractivity contribution >= 4 is 29.2 Å².